The Kier molecular flexibility index (Phi) is 5.70. The summed E-state index contributed by atoms with van der Waals surface area (Å²) in [6.07, 6.45) is 1.77. The molecule has 0 radical (unpaired) electrons. The van der Waals surface area contributed by atoms with Gasteiger partial charge in [0.2, 0.25) is 5.13 Å². The van der Waals surface area contributed by atoms with E-state index in [0.717, 1.165) is 27.6 Å². The second-order valence-electron chi connectivity index (χ2n) is 5.80. The second kappa shape index (κ2) is 8.35. The average Bonchev–Trinajstić information content (AvgIpc) is 3.01. The first-order chi connectivity index (χ1) is 12.6. The predicted molar refractivity (Wildman–Crippen MR) is 109 cm³/mol. The van der Waals surface area contributed by atoms with Gasteiger partial charge >= 0.3 is 0 Å². The summed E-state index contributed by atoms with van der Waals surface area (Å²) in [6, 6.07) is 17.8. The maximum Gasteiger partial charge on any atom is 0.205 e. The molecule has 0 aliphatic carbocycles. The molecule has 1 N–H and O–H groups in total. The topological polar surface area (TPSA) is 65.2 Å². The van der Waals surface area contributed by atoms with E-state index in [1.807, 2.05) is 63.5 Å². The van der Waals surface area contributed by atoms with Gasteiger partial charge in [0.05, 0.1) is 17.6 Å². The molecule has 6 nitrogen and oxygen atoms in total. The van der Waals surface area contributed by atoms with Gasteiger partial charge in [0.1, 0.15) is 0 Å². The van der Waals surface area contributed by atoms with Gasteiger partial charge in [-0.2, -0.15) is 5.10 Å². The summed E-state index contributed by atoms with van der Waals surface area (Å²) >= 11 is 1.42. The van der Waals surface area contributed by atoms with Crippen LogP contribution in [0.3, 0.4) is 0 Å². The third kappa shape index (κ3) is 4.73. The zero-order valence-corrected chi connectivity index (χ0v) is 15.7. The van der Waals surface area contributed by atoms with Crippen LogP contribution in [0.15, 0.2) is 69.9 Å². The molecule has 132 valence electrons. The first-order valence-corrected chi connectivity index (χ1v) is 8.94. The fourth-order valence-electron chi connectivity index (χ4n) is 2.15. The van der Waals surface area contributed by atoms with Crippen LogP contribution in [-0.4, -0.2) is 25.3 Å². The van der Waals surface area contributed by atoms with Gasteiger partial charge in [-0.15, -0.1) is 10.2 Å². The normalized spacial score (nSPS) is 11.3. The zero-order chi connectivity index (χ0) is 18.4. The largest absolute Gasteiger partial charge is 0.378 e. The molecule has 2 aromatic carbocycles. The number of nitrogens with zero attached hydrogens (tertiary/aromatic N) is 5. The molecular formula is C19H20N6S. The number of hydrogen-bond donors (Lipinski definition) is 1. The molecule has 7 heteroatoms. The summed E-state index contributed by atoms with van der Waals surface area (Å²) in [5, 5.41) is 14.2. The Hall–Kier alpha value is -3.06. The van der Waals surface area contributed by atoms with E-state index < -0.39 is 0 Å². The quantitative estimate of drug-likeness (QED) is 0.363. The van der Waals surface area contributed by atoms with Crippen LogP contribution in [0, 0.1) is 6.92 Å². The Bertz CT molecular complexity index is 898. The summed E-state index contributed by atoms with van der Waals surface area (Å²) in [5.74, 6) is 0. The molecule has 0 saturated carbocycles. The van der Waals surface area contributed by atoms with Gasteiger partial charge < -0.3 is 4.90 Å². The summed E-state index contributed by atoms with van der Waals surface area (Å²) in [7, 11) is 4.03. The highest BCUT2D eigenvalue weighted by molar-refractivity contribution is 7.19. The SMILES string of the molecule is Cc1nc(N/N=C/c2ccc(N(C)C)cc2)sc1N=Nc1ccccc1. The van der Waals surface area contributed by atoms with E-state index >= 15 is 0 Å². The fourth-order valence-corrected chi connectivity index (χ4v) is 2.89. The van der Waals surface area contributed by atoms with Crippen molar-refractivity contribution in [3.8, 4) is 0 Å². The Morgan fingerprint density at radius 3 is 2.42 bits per heavy atom. The molecule has 0 spiro atoms. The van der Waals surface area contributed by atoms with Gasteiger partial charge in [-0.3, -0.25) is 5.43 Å². The van der Waals surface area contributed by atoms with Gasteiger partial charge in [0.15, 0.2) is 5.00 Å². The molecule has 0 aliphatic heterocycles. The lowest BCUT2D eigenvalue weighted by atomic mass is 10.2. The number of aryl methyl sites for hydroxylation is 1. The third-order valence-electron chi connectivity index (χ3n) is 3.57. The number of benzene rings is 2. The lowest BCUT2D eigenvalue weighted by Crippen LogP contribution is -2.08. The van der Waals surface area contributed by atoms with Crippen molar-refractivity contribution in [2.45, 2.75) is 6.92 Å². The Balaban J connectivity index is 1.63. The number of hydrogen-bond acceptors (Lipinski definition) is 7. The molecule has 0 atom stereocenters. The molecule has 1 aromatic heterocycles. The number of hydrazone groups is 1. The van der Waals surface area contributed by atoms with Crippen molar-refractivity contribution in [3.05, 3.63) is 65.9 Å². The van der Waals surface area contributed by atoms with Crippen molar-refractivity contribution in [1.82, 2.24) is 4.98 Å². The fraction of sp³-hybridized carbons (Fsp3) is 0.158. The van der Waals surface area contributed by atoms with Crippen molar-refractivity contribution in [2.24, 2.45) is 15.3 Å². The maximum absolute atomic E-state index is 4.42. The van der Waals surface area contributed by atoms with Crippen LogP contribution in [-0.2, 0) is 0 Å². The van der Waals surface area contributed by atoms with E-state index in [2.05, 4.69) is 42.8 Å². The van der Waals surface area contributed by atoms with E-state index in [1.165, 1.54) is 11.3 Å². The van der Waals surface area contributed by atoms with Crippen LogP contribution in [0.2, 0.25) is 0 Å². The average molecular weight is 364 g/mol. The zero-order valence-electron chi connectivity index (χ0n) is 14.9. The molecule has 0 amide bonds. The third-order valence-corrected chi connectivity index (χ3v) is 4.51. The van der Waals surface area contributed by atoms with Crippen LogP contribution < -0.4 is 10.3 Å². The van der Waals surface area contributed by atoms with Crippen molar-refractivity contribution in [2.75, 3.05) is 24.4 Å². The predicted octanol–water partition coefficient (Wildman–Crippen LogP) is 5.38. The summed E-state index contributed by atoms with van der Waals surface area (Å²) < 4.78 is 0. The summed E-state index contributed by atoms with van der Waals surface area (Å²) in [5.41, 5.74) is 6.76. The summed E-state index contributed by atoms with van der Waals surface area (Å²) in [6.45, 7) is 1.91. The molecule has 26 heavy (non-hydrogen) atoms. The maximum atomic E-state index is 4.42. The van der Waals surface area contributed by atoms with Crippen molar-refractivity contribution in [3.63, 3.8) is 0 Å². The van der Waals surface area contributed by atoms with Gasteiger partial charge in [-0.25, -0.2) is 4.98 Å². The number of azo groups is 1. The minimum Gasteiger partial charge on any atom is -0.378 e. The van der Waals surface area contributed by atoms with E-state index in [9.17, 15) is 0 Å². The molecule has 0 bridgehead atoms. The number of rotatable bonds is 6. The van der Waals surface area contributed by atoms with Crippen LogP contribution in [0.5, 0.6) is 0 Å². The van der Waals surface area contributed by atoms with Crippen LogP contribution in [0.4, 0.5) is 21.5 Å². The van der Waals surface area contributed by atoms with Crippen LogP contribution >= 0.6 is 11.3 Å². The van der Waals surface area contributed by atoms with E-state index in [4.69, 9.17) is 0 Å². The number of aromatic nitrogens is 1. The number of nitrogens with one attached hydrogen (secondary N) is 1. The first-order valence-electron chi connectivity index (χ1n) is 8.12. The van der Waals surface area contributed by atoms with E-state index in [0.29, 0.717) is 5.13 Å². The highest BCUT2D eigenvalue weighted by Crippen LogP contribution is 2.31. The van der Waals surface area contributed by atoms with Crippen LogP contribution in [0.1, 0.15) is 11.3 Å². The van der Waals surface area contributed by atoms with Crippen molar-refractivity contribution < 1.29 is 0 Å². The Morgan fingerprint density at radius 1 is 1.00 bits per heavy atom. The highest BCUT2D eigenvalue weighted by Gasteiger charge is 2.06. The van der Waals surface area contributed by atoms with Crippen molar-refractivity contribution >= 4 is 39.1 Å². The van der Waals surface area contributed by atoms with Crippen molar-refractivity contribution in [1.29, 1.82) is 0 Å². The monoisotopic (exact) mass is 364 g/mol. The van der Waals surface area contributed by atoms with E-state index in [-0.39, 0.29) is 0 Å². The Labute approximate surface area is 156 Å². The molecule has 1 heterocycles. The molecule has 0 saturated heterocycles. The minimum absolute atomic E-state index is 0.686. The summed E-state index contributed by atoms with van der Waals surface area (Å²) in [4.78, 5) is 6.48. The number of anilines is 2. The minimum atomic E-state index is 0.686. The smallest absolute Gasteiger partial charge is 0.205 e. The van der Waals surface area contributed by atoms with Gasteiger partial charge in [-0.05, 0) is 36.8 Å². The Morgan fingerprint density at radius 2 is 1.73 bits per heavy atom. The van der Waals surface area contributed by atoms with Crippen LogP contribution in [0.25, 0.3) is 0 Å². The molecule has 3 rings (SSSR count). The molecule has 3 aromatic rings. The standard InChI is InChI=1S/C19H20N6S/c1-14-18(23-22-16-7-5-4-6-8-16)26-19(21-14)24-20-13-15-9-11-17(12-10-15)25(2)3/h4-13H,1-3H3,(H,21,24)/b20-13+,23-22?. The molecule has 0 unspecified atom stereocenters. The van der Waals surface area contributed by atoms with E-state index in [1.54, 1.807) is 6.21 Å². The highest BCUT2D eigenvalue weighted by atomic mass is 32.1. The van der Waals surface area contributed by atoms with Gasteiger partial charge in [-0.1, -0.05) is 41.7 Å². The first kappa shape index (κ1) is 17.8. The lowest BCUT2D eigenvalue weighted by Gasteiger charge is -2.11. The second-order valence-corrected chi connectivity index (χ2v) is 6.78. The lowest BCUT2D eigenvalue weighted by molar-refractivity contribution is 1.13. The molecule has 0 aliphatic rings. The molecule has 0 fully saturated rings. The van der Waals surface area contributed by atoms with Gasteiger partial charge in [0, 0.05) is 19.8 Å². The molecular weight excluding hydrogens is 344 g/mol. The number of thiazole rings is 1. The van der Waals surface area contributed by atoms with Gasteiger partial charge in [0.25, 0.3) is 0 Å².